The first-order chi connectivity index (χ1) is 8.59. The van der Waals surface area contributed by atoms with Crippen LogP contribution in [0.25, 0.3) is 0 Å². The van der Waals surface area contributed by atoms with Crippen LogP contribution < -0.4 is 10.6 Å². The quantitative estimate of drug-likeness (QED) is 0.896. The summed E-state index contributed by atoms with van der Waals surface area (Å²) in [5, 5.41) is 6.27. The molecule has 1 aliphatic heterocycles. The first-order valence-corrected chi connectivity index (χ1v) is 6.34. The van der Waals surface area contributed by atoms with Crippen LogP contribution in [0.1, 0.15) is 30.1 Å². The highest BCUT2D eigenvalue weighted by Crippen LogP contribution is 2.24. The van der Waals surface area contributed by atoms with E-state index < -0.39 is 0 Å². The fourth-order valence-electron chi connectivity index (χ4n) is 2.27. The number of piperidine rings is 1. The highest BCUT2D eigenvalue weighted by molar-refractivity contribution is 5.94. The summed E-state index contributed by atoms with van der Waals surface area (Å²) in [5.74, 6) is -0.461. The third-order valence-corrected chi connectivity index (χ3v) is 3.47. The Morgan fingerprint density at radius 1 is 1.42 bits per heavy atom. The molecule has 5 heteroatoms. The van der Waals surface area contributed by atoms with Crippen LogP contribution in [-0.2, 0) is 0 Å². The molecule has 0 aromatic heterocycles. The van der Waals surface area contributed by atoms with Gasteiger partial charge in [-0.05, 0) is 49.1 Å². The standard InChI is InChI=1S/C14H19FN2O.ClH/c1-14(7-2-8-16-9-14)10-17-13(18)11-3-5-12(15)6-4-11;/h3-6,16H,2,7-10H2,1H3,(H,17,18);1H. The fraction of sp³-hybridized carbons (Fsp3) is 0.500. The number of hydrogen-bond acceptors (Lipinski definition) is 2. The molecule has 1 aromatic carbocycles. The molecule has 1 aliphatic rings. The van der Waals surface area contributed by atoms with Crippen molar-refractivity contribution in [1.82, 2.24) is 10.6 Å². The Kier molecular flexibility index (Phi) is 5.76. The summed E-state index contributed by atoms with van der Waals surface area (Å²) in [6, 6.07) is 5.62. The summed E-state index contributed by atoms with van der Waals surface area (Å²) >= 11 is 0. The fourth-order valence-corrected chi connectivity index (χ4v) is 2.27. The summed E-state index contributed by atoms with van der Waals surface area (Å²) in [7, 11) is 0. The van der Waals surface area contributed by atoms with Gasteiger partial charge in [-0.25, -0.2) is 4.39 Å². The number of nitrogens with one attached hydrogen (secondary N) is 2. The minimum absolute atomic E-state index is 0. The molecule has 2 rings (SSSR count). The Balaban J connectivity index is 0.00000180. The van der Waals surface area contributed by atoms with Crippen LogP contribution in [-0.4, -0.2) is 25.5 Å². The lowest BCUT2D eigenvalue weighted by molar-refractivity contribution is 0.0924. The second-order valence-electron chi connectivity index (χ2n) is 5.28. The van der Waals surface area contributed by atoms with E-state index in [1.807, 2.05) is 0 Å². The first kappa shape index (κ1) is 15.9. The van der Waals surface area contributed by atoms with Crippen LogP contribution in [0.3, 0.4) is 0 Å². The maximum absolute atomic E-state index is 12.7. The summed E-state index contributed by atoms with van der Waals surface area (Å²) in [4.78, 5) is 11.9. The van der Waals surface area contributed by atoms with Crippen LogP contribution in [0.15, 0.2) is 24.3 Å². The van der Waals surface area contributed by atoms with Crippen LogP contribution >= 0.6 is 12.4 Å². The predicted molar refractivity (Wildman–Crippen MR) is 76.2 cm³/mol. The molecule has 1 saturated heterocycles. The van der Waals surface area contributed by atoms with E-state index in [4.69, 9.17) is 0 Å². The van der Waals surface area contributed by atoms with Gasteiger partial charge in [0.1, 0.15) is 5.82 Å². The van der Waals surface area contributed by atoms with Crippen LogP contribution in [0, 0.1) is 11.2 Å². The average Bonchev–Trinajstić information content (AvgIpc) is 2.38. The number of carbonyl (C=O) groups excluding carboxylic acids is 1. The molecule has 19 heavy (non-hydrogen) atoms. The van der Waals surface area contributed by atoms with E-state index in [1.165, 1.54) is 24.3 Å². The molecule has 1 aromatic rings. The van der Waals surface area contributed by atoms with Gasteiger partial charge in [0.25, 0.3) is 5.91 Å². The van der Waals surface area contributed by atoms with E-state index in [2.05, 4.69) is 17.6 Å². The van der Waals surface area contributed by atoms with Crippen LogP contribution in [0.5, 0.6) is 0 Å². The normalized spacial score (nSPS) is 22.4. The topological polar surface area (TPSA) is 41.1 Å². The number of benzene rings is 1. The van der Waals surface area contributed by atoms with Gasteiger partial charge in [-0.15, -0.1) is 12.4 Å². The number of amides is 1. The van der Waals surface area contributed by atoms with Gasteiger partial charge in [0.2, 0.25) is 0 Å². The Hall–Kier alpha value is -1.13. The van der Waals surface area contributed by atoms with Gasteiger partial charge in [-0.2, -0.15) is 0 Å². The highest BCUT2D eigenvalue weighted by atomic mass is 35.5. The van der Waals surface area contributed by atoms with Crippen molar-refractivity contribution in [1.29, 1.82) is 0 Å². The molecule has 1 fully saturated rings. The van der Waals surface area contributed by atoms with Gasteiger partial charge >= 0.3 is 0 Å². The minimum Gasteiger partial charge on any atom is -0.351 e. The monoisotopic (exact) mass is 286 g/mol. The molecular formula is C14H20ClFN2O. The number of rotatable bonds is 3. The van der Waals surface area contributed by atoms with Crippen molar-refractivity contribution in [3.63, 3.8) is 0 Å². The Bertz CT molecular complexity index is 416. The summed E-state index contributed by atoms with van der Waals surface area (Å²) in [6.45, 7) is 4.80. The predicted octanol–water partition coefficient (Wildman–Crippen LogP) is 2.37. The molecule has 3 nitrogen and oxygen atoms in total. The van der Waals surface area contributed by atoms with E-state index in [-0.39, 0.29) is 29.5 Å². The van der Waals surface area contributed by atoms with Gasteiger partial charge in [-0.1, -0.05) is 6.92 Å². The van der Waals surface area contributed by atoms with Crippen molar-refractivity contribution in [2.45, 2.75) is 19.8 Å². The summed E-state index contributed by atoms with van der Waals surface area (Å²) in [6.07, 6.45) is 2.26. The molecule has 0 spiro atoms. The largest absolute Gasteiger partial charge is 0.351 e. The minimum atomic E-state index is -0.324. The van der Waals surface area contributed by atoms with Crippen molar-refractivity contribution >= 4 is 18.3 Å². The highest BCUT2D eigenvalue weighted by Gasteiger charge is 2.27. The second-order valence-corrected chi connectivity index (χ2v) is 5.28. The zero-order valence-corrected chi connectivity index (χ0v) is 11.9. The van der Waals surface area contributed by atoms with E-state index in [0.717, 1.165) is 25.9 Å². The number of carbonyl (C=O) groups is 1. The molecule has 106 valence electrons. The lowest BCUT2D eigenvalue weighted by Crippen LogP contribution is -2.45. The third kappa shape index (κ3) is 4.48. The van der Waals surface area contributed by atoms with Crippen molar-refractivity contribution in [3.05, 3.63) is 35.6 Å². The van der Waals surface area contributed by atoms with Crippen molar-refractivity contribution in [3.8, 4) is 0 Å². The smallest absolute Gasteiger partial charge is 0.251 e. The van der Waals surface area contributed by atoms with Crippen LogP contribution in [0.2, 0.25) is 0 Å². The molecule has 1 unspecified atom stereocenters. The summed E-state index contributed by atoms with van der Waals surface area (Å²) < 4.78 is 12.7. The maximum atomic E-state index is 12.7. The molecular weight excluding hydrogens is 267 g/mol. The first-order valence-electron chi connectivity index (χ1n) is 6.34. The zero-order valence-electron chi connectivity index (χ0n) is 11.0. The number of hydrogen-bond donors (Lipinski definition) is 2. The van der Waals surface area contributed by atoms with Gasteiger partial charge in [-0.3, -0.25) is 4.79 Å². The van der Waals surface area contributed by atoms with Gasteiger partial charge < -0.3 is 10.6 Å². The van der Waals surface area contributed by atoms with Gasteiger partial charge in [0.05, 0.1) is 0 Å². The molecule has 1 amide bonds. The molecule has 1 heterocycles. The molecule has 1 atom stereocenters. The van der Waals surface area contributed by atoms with Gasteiger partial charge in [0, 0.05) is 18.7 Å². The molecule has 2 N–H and O–H groups in total. The lowest BCUT2D eigenvalue weighted by Gasteiger charge is -2.34. The SMILES string of the molecule is CC1(CNC(=O)c2ccc(F)cc2)CCCNC1.Cl. The number of halogens is 2. The Labute approximate surface area is 119 Å². The van der Waals surface area contributed by atoms with Crippen molar-refractivity contribution in [2.24, 2.45) is 5.41 Å². The van der Waals surface area contributed by atoms with Crippen LogP contribution in [0.4, 0.5) is 4.39 Å². The molecule has 0 saturated carbocycles. The molecule has 0 radical (unpaired) electrons. The molecule has 0 aliphatic carbocycles. The van der Waals surface area contributed by atoms with E-state index in [0.29, 0.717) is 12.1 Å². The Morgan fingerprint density at radius 2 is 2.11 bits per heavy atom. The van der Waals surface area contributed by atoms with E-state index in [9.17, 15) is 9.18 Å². The maximum Gasteiger partial charge on any atom is 0.251 e. The summed E-state index contributed by atoms with van der Waals surface area (Å²) in [5.41, 5.74) is 0.622. The Morgan fingerprint density at radius 3 is 2.68 bits per heavy atom. The van der Waals surface area contributed by atoms with E-state index in [1.54, 1.807) is 0 Å². The van der Waals surface area contributed by atoms with Crippen molar-refractivity contribution in [2.75, 3.05) is 19.6 Å². The molecule has 0 bridgehead atoms. The second kappa shape index (κ2) is 6.87. The van der Waals surface area contributed by atoms with Crippen molar-refractivity contribution < 1.29 is 9.18 Å². The third-order valence-electron chi connectivity index (χ3n) is 3.47. The van der Waals surface area contributed by atoms with Gasteiger partial charge in [0.15, 0.2) is 0 Å². The lowest BCUT2D eigenvalue weighted by atomic mass is 9.83. The average molecular weight is 287 g/mol. The zero-order chi connectivity index (χ0) is 13.0. The van der Waals surface area contributed by atoms with E-state index >= 15 is 0 Å².